The summed E-state index contributed by atoms with van der Waals surface area (Å²) in [5, 5.41) is 2.80. The van der Waals surface area contributed by atoms with Crippen molar-refractivity contribution in [3.63, 3.8) is 0 Å². The summed E-state index contributed by atoms with van der Waals surface area (Å²) in [6.45, 7) is 3.39. The predicted molar refractivity (Wildman–Crippen MR) is 118 cm³/mol. The van der Waals surface area contributed by atoms with Crippen LogP contribution < -0.4 is 5.32 Å². The van der Waals surface area contributed by atoms with Crippen LogP contribution in [0.25, 0.3) is 0 Å². The molecule has 0 aromatic rings. The van der Waals surface area contributed by atoms with E-state index in [1.54, 1.807) is 6.26 Å². The lowest BCUT2D eigenvalue weighted by atomic mass is 10.0. The van der Waals surface area contributed by atoms with Gasteiger partial charge in [0, 0.05) is 29.4 Å². The van der Waals surface area contributed by atoms with Gasteiger partial charge < -0.3 is 10.1 Å². The van der Waals surface area contributed by atoms with Gasteiger partial charge in [0.2, 0.25) is 0 Å². The molecule has 0 aliphatic heterocycles. The minimum Gasteiger partial charge on any atom is -0.450 e. The third-order valence-corrected chi connectivity index (χ3v) is 5.72. The first-order valence-electron chi connectivity index (χ1n) is 11.4. The standard InChI is InChI=1S/C22H45NO3S/c1-3-4-5-6-7-8-9-10-11-12-13-14-15-16-19-23-22(24)26-20-17-18-21-27(2)25/h3-21H2,1-2H3,(H,23,24). The van der Waals surface area contributed by atoms with Crippen LogP contribution in [0.4, 0.5) is 4.79 Å². The second-order valence-electron chi connectivity index (χ2n) is 7.64. The molecule has 0 aromatic heterocycles. The van der Waals surface area contributed by atoms with E-state index in [2.05, 4.69) is 12.2 Å². The number of carbonyl (C=O) groups is 1. The van der Waals surface area contributed by atoms with Gasteiger partial charge in [0.05, 0.1) is 6.61 Å². The van der Waals surface area contributed by atoms with Crippen LogP contribution in [-0.2, 0) is 15.5 Å². The number of amides is 1. The summed E-state index contributed by atoms with van der Waals surface area (Å²) >= 11 is 0. The van der Waals surface area contributed by atoms with Gasteiger partial charge in [0.25, 0.3) is 0 Å². The lowest BCUT2D eigenvalue weighted by Crippen LogP contribution is -2.25. The van der Waals surface area contributed by atoms with E-state index in [9.17, 15) is 9.00 Å². The molecular weight excluding hydrogens is 358 g/mol. The van der Waals surface area contributed by atoms with Gasteiger partial charge in [-0.25, -0.2) is 4.79 Å². The fourth-order valence-electron chi connectivity index (χ4n) is 3.13. The number of ether oxygens (including phenoxy) is 1. The van der Waals surface area contributed by atoms with Crippen molar-refractivity contribution >= 4 is 16.9 Å². The maximum Gasteiger partial charge on any atom is 0.407 e. The average molecular weight is 404 g/mol. The molecule has 4 nitrogen and oxygen atoms in total. The van der Waals surface area contributed by atoms with Crippen LogP contribution in [0, 0.1) is 0 Å². The van der Waals surface area contributed by atoms with Crippen molar-refractivity contribution in [2.75, 3.05) is 25.2 Å². The molecule has 0 aliphatic carbocycles. The maximum absolute atomic E-state index is 11.5. The molecule has 0 heterocycles. The van der Waals surface area contributed by atoms with Gasteiger partial charge in [0.1, 0.15) is 0 Å². The molecule has 0 aromatic carbocycles. The number of nitrogens with one attached hydrogen (secondary N) is 1. The molecule has 0 saturated carbocycles. The van der Waals surface area contributed by atoms with Gasteiger partial charge in [0.15, 0.2) is 0 Å². The largest absolute Gasteiger partial charge is 0.450 e. The summed E-state index contributed by atoms with van der Waals surface area (Å²) in [5.74, 6) is 0.685. The summed E-state index contributed by atoms with van der Waals surface area (Å²) in [6, 6.07) is 0. The van der Waals surface area contributed by atoms with Crippen molar-refractivity contribution in [2.45, 2.75) is 110 Å². The zero-order valence-electron chi connectivity index (χ0n) is 18.1. The number of unbranched alkanes of at least 4 members (excludes halogenated alkanes) is 14. The Kier molecular flexibility index (Phi) is 21.3. The number of carbonyl (C=O) groups excluding carboxylic acids is 1. The van der Waals surface area contributed by atoms with Crippen molar-refractivity contribution in [1.29, 1.82) is 0 Å². The molecule has 0 spiro atoms. The molecule has 1 atom stereocenters. The van der Waals surface area contributed by atoms with Crippen LogP contribution in [0.3, 0.4) is 0 Å². The summed E-state index contributed by atoms with van der Waals surface area (Å²) in [7, 11) is -0.750. The number of hydrogen-bond donors (Lipinski definition) is 1. The van der Waals surface area contributed by atoms with Crippen molar-refractivity contribution < 1.29 is 13.7 Å². The van der Waals surface area contributed by atoms with Crippen LogP contribution in [0.2, 0.25) is 0 Å². The van der Waals surface area contributed by atoms with Crippen LogP contribution in [0.1, 0.15) is 110 Å². The van der Waals surface area contributed by atoms with Gasteiger partial charge in [-0.2, -0.15) is 0 Å². The number of rotatable bonds is 20. The highest BCUT2D eigenvalue weighted by molar-refractivity contribution is 7.84. The molecule has 1 amide bonds. The van der Waals surface area contributed by atoms with E-state index in [0.29, 0.717) is 18.9 Å². The van der Waals surface area contributed by atoms with Crippen LogP contribution >= 0.6 is 0 Å². The summed E-state index contributed by atoms with van der Waals surface area (Å²) in [5.41, 5.74) is 0. The summed E-state index contributed by atoms with van der Waals surface area (Å²) in [4.78, 5) is 11.5. The summed E-state index contributed by atoms with van der Waals surface area (Å²) in [6.07, 6.45) is 21.8. The van der Waals surface area contributed by atoms with Crippen molar-refractivity contribution in [3.05, 3.63) is 0 Å². The van der Waals surface area contributed by atoms with Crippen LogP contribution in [-0.4, -0.2) is 35.5 Å². The quantitative estimate of drug-likeness (QED) is 0.241. The highest BCUT2D eigenvalue weighted by atomic mass is 32.2. The monoisotopic (exact) mass is 403 g/mol. The molecule has 0 aliphatic rings. The Hall–Kier alpha value is -0.580. The predicted octanol–water partition coefficient (Wildman–Crippen LogP) is 6.35. The van der Waals surface area contributed by atoms with E-state index < -0.39 is 10.8 Å². The second-order valence-corrected chi connectivity index (χ2v) is 9.20. The van der Waals surface area contributed by atoms with Crippen molar-refractivity contribution in [2.24, 2.45) is 0 Å². The number of alkyl carbamates (subject to hydrolysis) is 1. The van der Waals surface area contributed by atoms with Gasteiger partial charge in [-0.05, 0) is 19.3 Å². The van der Waals surface area contributed by atoms with Gasteiger partial charge in [-0.15, -0.1) is 0 Å². The fraction of sp³-hybridized carbons (Fsp3) is 0.955. The molecule has 1 N–H and O–H groups in total. The minimum absolute atomic E-state index is 0.317. The Morgan fingerprint density at radius 2 is 1.22 bits per heavy atom. The van der Waals surface area contributed by atoms with Crippen LogP contribution in [0.15, 0.2) is 0 Å². The van der Waals surface area contributed by atoms with Crippen molar-refractivity contribution in [3.8, 4) is 0 Å². The Labute approximate surface area is 171 Å². The Bertz CT molecular complexity index is 350. The number of hydrogen-bond acceptors (Lipinski definition) is 3. The average Bonchev–Trinajstić information content (AvgIpc) is 2.64. The molecule has 0 radical (unpaired) electrons. The Balaban J connectivity index is 3.13. The zero-order valence-corrected chi connectivity index (χ0v) is 18.9. The minimum atomic E-state index is -0.750. The van der Waals surface area contributed by atoms with E-state index in [4.69, 9.17) is 4.74 Å². The summed E-state index contributed by atoms with van der Waals surface area (Å²) < 4.78 is 16.0. The van der Waals surface area contributed by atoms with Gasteiger partial charge in [-0.1, -0.05) is 90.4 Å². The lowest BCUT2D eigenvalue weighted by molar-refractivity contribution is 0.144. The third kappa shape index (κ3) is 23.4. The van der Waals surface area contributed by atoms with E-state index in [1.807, 2.05) is 0 Å². The van der Waals surface area contributed by atoms with E-state index in [0.717, 1.165) is 19.3 Å². The maximum atomic E-state index is 11.5. The molecule has 27 heavy (non-hydrogen) atoms. The molecule has 0 saturated heterocycles. The first kappa shape index (κ1) is 26.4. The highest BCUT2D eigenvalue weighted by Crippen LogP contribution is 2.12. The SMILES string of the molecule is CCCCCCCCCCCCCCCCNC(=O)OCCCCS(C)=O. The molecule has 0 bridgehead atoms. The molecular formula is C22H45NO3S. The van der Waals surface area contributed by atoms with E-state index in [-0.39, 0.29) is 6.09 Å². The highest BCUT2D eigenvalue weighted by Gasteiger charge is 2.01. The van der Waals surface area contributed by atoms with Gasteiger partial charge in [-0.3, -0.25) is 4.21 Å². The molecule has 1 unspecified atom stereocenters. The van der Waals surface area contributed by atoms with Crippen molar-refractivity contribution in [1.82, 2.24) is 5.32 Å². The zero-order chi connectivity index (χ0) is 20.0. The molecule has 0 rings (SSSR count). The Morgan fingerprint density at radius 3 is 1.70 bits per heavy atom. The fourth-order valence-corrected chi connectivity index (χ4v) is 3.74. The third-order valence-electron chi connectivity index (χ3n) is 4.86. The first-order chi connectivity index (χ1) is 13.2. The van der Waals surface area contributed by atoms with Crippen LogP contribution in [0.5, 0.6) is 0 Å². The Morgan fingerprint density at radius 1 is 0.741 bits per heavy atom. The topological polar surface area (TPSA) is 55.4 Å². The second kappa shape index (κ2) is 21.7. The van der Waals surface area contributed by atoms with Gasteiger partial charge >= 0.3 is 6.09 Å². The molecule has 5 heteroatoms. The smallest absolute Gasteiger partial charge is 0.407 e. The molecule has 0 fully saturated rings. The van der Waals surface area contributed by atoms with E-state index >= 15 is 0 Å². The molecule has 162 valence electrons. The van der Waals surface area contributed by atoms with E-state index in [1.165, 1.54) is 83.5 Å². The first-order valence-corrected chi connectivity index (χ1v) is 13.1. The lowest BCUT2D eigenvalue weighted by Gasteiger charge is -2.07. The normalized spacial score (nSPS) is 12.1.